The van der Waals surface area contributed by atoms with Crippen LogP contribution in [0, 0.1) is 5.82 Å². The molecule has 0 atom stereocenters. The number of nitrogens with one attached hydrogen (secondary N) is 1. The molecule has 0 aliphatic rings. The van der Waals surface area contributed by atoms with Gasteiger partial charge in [0.05, 0.1) is 5.69 Å². The van der Waals surface area contributed by atoms with E-state index in [0.29, 0.717) is 10.7 Å². The first-order valence-electron chi connectivity index (χ1n) is 6.52. The lowest BCUT2D eigenvalue weighted by Crippen LogP contribution is -2.17. The number of benzene rings is 1. The van der Waals surface area contributed by atoms with Gasteiger partial charge >= 0.3 is 0 Å². The van der Waals surface area contributed by atoms with E-state index >= 15 is 0 Å². The number of nitrogens with zero attached hydrogens (tertiary/aromatic N) is 2. The van der Waals surface area contributed by atoms with Crippen LogP contribution in [0.2, 0.25) is 5.02 Å². The number of aliphatic hydroxyl groups is 1. The van der Waals surface area contributed by atoms with Crippen molar-refractivity contribution in [3.05, 3.63) is 77.7 Å². The first-order valence-corrected chi connectivity index (χ1v) is 6.89. The Labute approximate surface area is 137 Å². The van der Waals surface area contributed by atoms with Crippen molar-refractivity contribution in [3.8, 4) is 0 Å². The molecule has 0 bridgehead atoms. The van der Waals surface area contributed by atoms with Crippen LogP contribution in [0.3, 0.4) is 0 Å². The highest BCUT2D eigenvalue weighted by Gasteiger charge is 2.07. The summed E-state index contributed by atoms with van der Waals surface area (Å²) < 4.78 is 13.7. The molecular formula is C16H14ClFN4O. The molecule has 0 fully saturated rings. The Kier molecular flexibility index (Phi) is 5.32. The first-order chi connectivity index (χ1) is 11.0. The van der Waals surface area contributed by atoms with Gasteiger partial charge in [-0.3, -0.25) is 4.98 Å². The molecule has 2 aromatic rings. The maximum absolute atomic E-state index is 13.7. The van der Waals surface area contributed by atoms with Crippen LogP contribution < -0.4 is 11.1 Å². The van der Waals surface area contributed by atoms with E-state index in [1.54, 1.807) is 24.5 Å². The lowest BCUT2D eigenvalue weighted by atomic mass is 10.1. The number of halogens is 2. The summed E-state index contributed by atoms with van der Waals surface area (Å²) in [6.07, 6.45) is 4.27. The molecule has 4 N–H and O–H groups in total. The van der Waals surface area contributed by atoms with Crippen molar-refractivity contribution in [1.82, 2.24) is 10.3 Å². The molecule has 0 saturated carbocycles. The summed E-state index contributed by atoms with van der Waals surface area (Å²) in [4.78, 5) is 7.86. The number of rotatable bonds is 5. The standard InChI is InChI=1S/C16H14ClFN4O/c1-10(13-8-11(17)2-3-14(13)18)21-9-15(23)16(19)22-12-4-6-20-7-5-12/h2-9,21,23H,1H2,(H2,19,20,22). The predicted octanol–water partition coefficient (Wildman–Crippen LogP) is 3.52. The topological polar surface area (TPSA) is 83.5 Å². The highest BCUT2D eigenvalue weighted by molar-refractivity contribution is 6.30. The van der Waals surface area contributed by atoms with Crippen molar-refractivity contribution >= 4 is 28.8 Å². The number of pyridine rings is 1. The number of nitrogens with two attached hydrogens (primary N) is 1. The van der Waals surface area contributed by atoms with Crippen molar-refractivity contribution in [2.75, 3.05) is 0 Å². The molecular weight excluding hydrogens is 319 g/mol. The monoisotopic (exact) mass is 332 g/mol. The summed E-state index contributed by atoms with van der Waals surface area (Å²) in [7, 11) is 0. The number of hydrogen-bond donors (Lipinski definition) is 3. The quantitative estimate of drug-likeness (QED) is 0.444. The van der Waals surface area contributed by atoms with Crippen LogP contribution in [-0.4, -0.2) is 15.9 Å². The average Bonchev–Trinajstić information content (AvgIpc) is 2.55. The molecule has 118 valence electrons. The number of aromatic nitrogens is 1. The summed E-state index contributed by atoms with van der Waals surface area (Å²) in [5, 5.41) is 12.9. The van der Waals surface area contributed by atoms with Crippen LogP contribution in [0.1, 0.15) is 5.56 Å². The third-order valence-electron chi connectivity index (χ3n) is 2.81. The van der Waals surface area contributed by atoms with Gasteiger partial charge in [-0.25, -0.2) is 9.38 Å². The Morgan fingerprint density at radius 3 is 2.74 bits per heavy atom. The molecule has 7 heteroatoms. The molecule has 2 rings (SSSR count). The number of hydrogen-bond acceptors (Lipinski definition) is 4. The molecule has 0 saturated heterocycles. The van der Waals surface area contributed by atoms with Gasteiger partial charge in [0, 0.05) is 34.9 Å². The zero-order valence-corrected chi connectivity index (χ0v) is 12.8. The van der Waals surface area contributed by atoms with Crippen molar-refractivity contribution in [3.63, 3.8) is 0 Å². The third-order valence-corrected chi connectivity index (χ3v) is 3.05. The molecule has 5 nitrogen and oxygen atoms in total. The lowest BCUT2D eigenvalue weighted by molar-refractivity contribution is 0.439. The van der Waals surface area contributed by atoms with E-state index in [2.05, 4.69) is 21.9 Å². The van der Waals surface area contributed by atoms with Crippen molar-refractivity contribution in [2.45, 2.75) is 0 Å². The lowest BCUT2D eigenvalue weighted by Gasteiger charge is -2.08. The Hall–Kier alpha value is -2.86. The second-order valence-corrected chi connectivity index (χ2v) is 4.92. The SMILES string of the molecule is C=C(NC=C(O)C(N)=Nc1ccncc1)c1cc(Cl)ccc1F. The highest BCUT2D eigenvalue weighted by atomic mass is 35.5. The molecule has 1 aromatic heterocycles. The normalized spacial score (nSPS) is 12.1. The molecule has 0 aliphatic carbocycles. The predicted molar refractivity (Wildman–Crippen MR) is 89.8 cm³/mol. The Morgan fingerprint density at radius 2 is 2.04 bits per heavy atom. The average molecular weight is 333 g/mol. The second-order valence-electron chi connectivity index (χ2n) is 4.48. The fourth-order valence-corrected chi connectivity index (χ4v) is 1.82. The van der Waals surface area contributed by atoms with E-state index in [1.165, 1.54) is 24.4 Å². The van der Waals surface area contributed by atoms with Gasteiger partial charge in [0.1, 0.15) is 5.82 Å². The van der Waals surface area contributed by atoms with Crippen LogP contribution in [0.25, 0.3) is 5.70 Å². The Bertz CT molecular complexity index is 775. The van der Waals surface area contributed by atoms with Gasteiger partial charge in [-0.15, -0.1) is 0 Å². The van der Waals surface area contributed by atoms with Gasteiger partial charge in [-0.2, -0.15) is 0 Å². The molecule has 0 amide bonds. The van der Waals surface area contributed by atoms with Gasteiger partial charge in [0.15, 0.2) is 11.6 Å². The summed E-state index contributed by atoms with van der Waals surface area (Å²) in [6, 6.07) is 7.35. The van der Waals surface area contributed by atoms with Gasteiger partial charge < -0.3 is 16.2 Å². The second kappa shape index (κ2) is 7.42. The highest BCUT2D eigenvalue weighted by Crippen LogP contribution is 2.19. The zero-order chi connectivity index (χ0) is 16.8. The van der Waals surface area contributed by atoms with E-state index in [1.807, 2.05) is 0 Å². The maximum Gasteiger partial charge on any atom is 0.174 e. The molecule has 0 unspecified atom stereocenters. The number of amidine groups is 1. The van der Waals surface area contributed by atoms with Crippen LogP contribution in [-0.2, 0) is 0 Å². The van der Waals surface area contributed by atoms with Crippen LogP contribution in [0.4, 0.5) is 10.1 Å². The minimum Gasteiger partial charge on any atom is -0.503 e. The third kappa shape index (κ3) is 4.55. The molecule has 0 radical (unpaired) electrons. The molecule has 1 aromatic carbocycles. The molecule has 1 heterocycles. The molecule has 0 spiro atoms. The van der Waals surface area contributed by atoms with E-state index in [9.17, 15) is 9.50 Å². The van der Waals surface area contributed by atoms with E-state index in [4.69, 9.17) is 17.3 Å². The summed E-state index contributed by atoms with van der Waals surface area (Å²) >= 11 is 5.82. The number of aliphatic imine (C=N–C) groups is 1. The molecule has 23 heavy (non-hydrogen) atoms. The van der Waals surface area contributed by atoms with Crippen molar-refractivity contribution in [2.24, 2.45) is 10.7 Å². The smallest absolute Gasteiger partial charge is 0.174 e. The van der Waals surface area contributed by atoms with Gasteiger partial charge in [0.25, 0.3) is 0 Å². The van der Waals surface area contributed by atoms with E-state index < -0.39 is 5.82 Å². The van der Waals surface area contributed by atoms with E-state index in [0.717, 1.165) is 0 Å². The Balaban J connectivity index is 2.11. The molecule has 0 aliphatic heterocycles. The van der Waals surface area contributed by atoms with Crippen LogP contribution >= 0.6 is 11.6 Å². The van der Waals surface area contributed by atoms with Crippen LogP contribution in [0.15, 0.2) is 66.3 Å². The summed E-state index contributed by atoms with van der Waals surface area (Å²) in [6.45, 7) is 3.69. The van der Waals surface area contributed by atoms with Gasteiger partial charge in [0.2, 0.25) is 0 Å². The maximum atomic E-state index is 13.7. The first kappa shape index (κ1) is 16.5. The van der Waals surface area contributed by atoms with Gasteiger partial charge in [-0.05, 0) is 30.3 Å². The van der Waals surface area contributed by atoms with Gasteiger partial charge in [-0.1, -0.05) is 18.2 Å². The fraction of sp³-hybridized carbons (Fsp3) is 0. The van der Waals surface area contributed by atoms with Crippen molar-refractivity contribution in [1.29, 1.82) is 0 Å². The minimum atomic E-state index is -0.488. The largest absolute Gasteiger partial charge is 0.503 e. The summed E-state index contributed by atoms with van der Waals surface area (Å²) in [5.41, 5.74) is 6.62. The Morgan fingerprint density at radius 1 is 1.35 bits per heavy atom. The minimum absolute atomic E-state index is 0.108. The zero-order valence-electron chi connectivity index (χ0n) is 12.0. The van der Waals surface area contributed by atoms with E-state index in [-0.39, 0.29) is 22.9 Å². The fourth-order valence-electron chi connectivity index (χ4n) is 1.65. The number of aliphatic hydroxyl groups excluding tert-OH is 1. The van der Waals surface area contributed by atoms with Crippen molar-refractivity contribution < 1.29 is 9.50 Å². The van der Waals surface area contributed by atoms with Crippen LogP contribution in [0.5, 0.6) is 0 Å². The summed E-state index contributed by atoms with van der Waals surface area (Å²) in [5.74, 6) is -0.910.